The minimum absolute atomic E-state index is 0.0754. The third-order valence-electron chi connectivity index (χ3n) is 6.72. The molecule has 1 aliphatic heterocycles. The molecule has 5 rings (SSSR count). The van der Waals surface area contributed by atoms with Crippen molar-refractivity contribution in [1.82, 2.24) is 9.58 Å². The number of benzene rings is 3. The molecule has 0 bridgehead atoms. The predicted molar refractivity (Wildman–Crippen MR) is 145 cm³/mol. The third-order valence-corrected chi connectivity index (χ3v) is 6.72. The molecule has 6 nitrogen and oxygen atoms in total. The lowest BCUT2D eigenvalue weighted by Crippen LogP contribution is -2.58. The van der Waals surface area contributed by atoms with E-state index in [1.807, 2.05) is 92.2 Å². The topological polar surface area (TPSA) is 54.8 Å². The van der Waals surface area contributed by atoms with Crippen molar-refractivity contribution in [2.24, 2.45) is 0 Å². The van der Waals surface area contributed by atoms with Gasteiger partial charge in [-0.15, -0.1) is 0 Å². The smallest absolute Gasteiger partial charge is 0.278 e. The number of fused-ring (bicyclic) bond motifs is 1. The Labute approximate surface area is 217 Å². The first-order valence-corrected chi connectivity index (χ1v) is 12.6. The van der Waals surface area contributed by atoms with Crippen LogP contribution in [0.1, 0.15) is 52.8 Å². The van der Waals surface area contributed by atoms with Gasteiger partial charge in [-0.25, -0.2) is 0 Å². The molecule has 0 aliphatic carbocycles. The summed E-state index contributed by atoms with van der Waals surface area (Å²) in [4.78, 5) is 28.9. The molecule has 0 radical (unpaired) electrons. The lowest BCUT2D eigenvalue weighted by molar-refractivity contribution is 0.0616. The molecule has 0 spiro atoms. The Bertz CT molecular complexity index is 1390. The van der Waals surface area contributed by atoms with Crippen LogP contribution in [0, 0.1) is 6.92 Å². The van der Waals surface area contributed by atoms with E-state index in [0.717, 1.165) is 16.7 Å². The Morgan fingerprint density at radius 2 is 1.35 bits per heavy atom. The van der Waals surface area contributed by atoms with E-state index >= 15 is 0 Å². The number of hydrogen-bond acceptors (Lipinski definition) is 4. The molecule has 1 aromatic heterocycles. The average Bonchev–Trinajstić information content (AvgIpc) is 2.91. The molecule has 1 aliphatic rings. The minimum atomic E-state index is -0.297. The number of aryl methyl sites for hydroxylation is 1. The molecule has 2 heterocycles. The molecule has 4 aromatic rings. The van der Waals surface area contributed by atoms with Crippen LogP contribution in [0.15, 0.2) is 102 Å². The first-order chi connectivity index (χ1) is 18.0. The quantitative estimate of drug-likeness (QED) is 0.351. The van der Waals surface area contributed by atoms with E-state index in [-0.39, 0.29) is 41.5 Å². The van der Waals surface area contributed by atoms with E-state index in [1.54, 1.807) is 11.0 Å². The summed E-state index contributed by atoms with van der Waals surface area (Å²) < 4.78 is 7.99. The summed E-state index contributed by atoms with van der Waals surface area (Å²) in [6.07, 6.45) is 0. The van der Waals surface area contributed by atoms with Gasteiger partial charge < -0.3 is 9.64 Å². The van der Waals surface area contributed by atoms with Crippen LogP contribution in [0.2, 0.25) is 0 Å². The fourth-order valence-corrected chi connectivity index (χ4v) is 4.92. The van der Waals surface area contributed by atoms with Crippen molar-refractivity contribution in [3.8, 4) is 5.75 Å². The number of ether oxygens (including phenoxy) is 1. The van der Waals surface area contributed by atoms with Crippen molar-refractivity contribution >= 4 is 5.91 Å². The maximum Gasteiger partial charge on any atom is 0.278 e. The Morgan fingerprint density at radius 3 is 1.89 bits per heavy atom. The largest absolute Gasteiger partial charge is 0.482 e. The molecule has 0 N–H and O–H groups in total. The average molecular weight is 494 g/mol. The zero-order valence-corrected chi connectivity index (χ0v) is 21.4. The van der Waals surface area contributed by atoms with Crippen LogP contribution in [-0.2, 0) is 6.61 Å². The monoisotopic (exact) mass is 493 g/mol. The molecule has 1 amide bonds. The maximum atomic E-state index is 13.9. The molecule has 0 unspecified atom stereocenters. The van der Waals surface area contributed by atoms with E-state index in [9.17, 15) is 9.59 Å². The fraction of sp³-hybridized carbons (Fsp3) is 0.226. The predicted octanol–water partition coefficient (Wildman–Crippen LogP) is 5.29. The highest BCUT2D eigenvalue weighted by Crippen LogP contribution is 2.34. The number of carbonyl (C=O) groups excluding carboxylic acids is 1. The first-order valence-electron chi connectivity index (χ1n) is 12.6. The number of aromatic nitrogens is 1. The van der Waals surface area contributed by atoms with Crippen LogP contribution in [0.25, 0.3) is 0 Å². The summed E-state index contributed by atoms with van der Waals surface area (Å²) in [5.74, 6) is -0.135. The van der Waals surface area contributed by atoms with Gasteiger partial charge in [-0.05, 0) is 37.5 Å². The van der Waals surface area contributed by atoms with Gasteiger partial charge in [0.1, 0.15) is 13.3 Å². The minimum Gasteiger partial charge on any atom is -0.482 e. The molecule has 0 atom stereocenters. The highest BCUT2D eigenvalue weighted by atomic mass is 16.5. The van der Waals surface area contributed by atoms with Gasteiger partial charge in [0.2, 0.25) is 5.43 Å². The lowest BCUT2D eigenvalue weighted by Gasteiger charge is -2.46. The number of amides is 1. The second-order valence-electron chi connectivity index (χ2n) is 9.59. The summed E-state index contributed by atoms with van der Waals surface area (Å²) >= 11 is 0. The molecule has 3 aromatic carbocycles. The van der Waals surface area contributed by atoms with Crippen LogP contribution in [0.5, 0.6) is 5.75 Å². The van der Waals surface area contributed by atoms with Gasteiger partial charge in [0, 0.05) is 17.8 Å². The van der Waals surface area contributed by atoms with Crippen LogP contribution < -0.4 is 15.2 Å². The summed E-state index contributed by atoms with van der Waals surface area (Å²) in [6, 6.07) is 31.4. The first kappa shape index (κ1) is 24.4. The van der Waals surface area contributed by atoms with Crippen molar-refractivity contribution in [2.45, 2.75) is 39.5 Å². The van der Waals surface area contributed by atoms with Crippen LogP contribution in [0.4, 0.5) is 0 Å². The number of nitrogens with zero attached hydrogens (tertiary/aromatic N) is 3. The number of pyridine rings is 1. The van der Waals surface area contributed by atoms with E-state index in [1.165, 1.54) is 0 Å². The van der Waals surface area contributed by atoms with Crippen LogP contribution in [-0.4, -0.2) is 28.2 Å². The number of rotatable bonds is 7. The molecular formula is C31H31N3O3. The second-order valence-corrected chi connectivity index (χ2v) is 9.59. The van der Waals surface area contributed by atoms with E-state index in [4.69, 9.17) is 4.74 Å². The Balaban J connectivity index is 1.70. The molecule has 0 fully saturated rings. The van der Waals surface area contributed by atoms with Gasteiger partial charge in [0.05, 0.1) is 6.04 Å². The normalized spacial score (nSPS) is 13.3. The van der Waals surface area contributed by atoms with Crippen LogP contribution >= 0.6 is 0 Å². The molecule has 0 saturated carbocycles. The molecular weight excluding hydrogens is 462 g/mol. The summed E-state index contributed by atoms with van der Waals surface area (Å²) in [5, 5.41) is 2.16. The van der Waals surface area contributed by atoms with Crippen molar-refractivity contribution < 1.29 is 9.53 Å². The fourth-order valence-electron chi connectivity index (χ4n) is 4.92. The summed E-state index contributed by atoms with van der Waals surface area (Å²) in [5.41, 5.74) is 3.74. The highest BCUT2D eigenvalue weighted by molar-refractivity contribution is 5.96. The zero-order chi connectivity index (χ0) is 25.9. The molecule has 37 heavy (non-hydrogen) atoms. The van der Waals surface area contributed by atoms with Crippen molar-refractivity contribution in [1.29, 1.82) is 0 Å². The lowest BCUT2D eigenvalue weighted by atomic mass is 9.98. The van der Waals surface area contributed by atoms with Crippen molar-refractivity contribution in [3.05, 3.63) is 135 Å². The summed E-state index contributed by atoms with van der Waals surface area (Å²) in [7, 11) is 0. The van der Waals surface area contributed by atoms with Gasteiger partial charge in [-0.2, -0.15) is 0 Å². The van der Waals surface area contributed by atoms with Gasteiger partial charge in [-0.1, -0.05) is 91.0 Å². The second kappa shape index (κ2) is 10.3. The van der Waals surface area contributed by atoms with Gasteiger partial charge in [0.15, 0.2) is 11.4 Å². The zero-order valence-electron chi connectivity index (χ0n) is 21.4. The number of carbonyl (C=O) groups is 1. The number of hydrogen-bond donors (Lipinski definition) is 0. The molecule has 6 heteroatoms. The molecule has 0 saturated heterocycles. The van der Waals surface area contributed by atoms with Crippen molar-refractivity contribution in [3.63, 3.8) is 0 Å². The summed E-state index contributed by atoms with van der Waals surface area (Å²) in [6.45, 7) is 6.40. The van der Waals surface area contributed by atoms with Gasteiger partial charge >= 0.3 is 0 Å². The van der Waals surface area contributed by atoms with E-state index < -0.39 is 0 Å². The Morgan fingerprint density at radius 1 is 0.811 bits per heavy atom. The molecule has 188 valence electrons. The highest BCUT2D eigenvalue weighted by Gasteiger charge is 2.38. The maximum absolute atomic E-state index is 13.9. The van der Waals surface area contributed by atoms with Gasteiger partial charge in [-0.3, -0.25) is 19.3 Å². The third kappa shape index (κ3) is 4.75. The Hall–Kier alpha value is -4.32. The van der Waals surface area contributed by atoms with Gasteiger partial charge in [0.25, 0.3) is 5.91 Å². The van der Waals surface area contributed by atoms with Crippen molar-refractivity contribution in [2.75, 3.05) is 11.7 Å². The standard InChI is InChI=1S/C31H31N3O3/c1-22(2)32-21-33(28(25-15-9-5-10-16-25)26-17-11-6-12-18-26)34-23(3)19-27(35)30(29(34)31(32)36)37-20-24-13-7-4-8-14-24/h4-19,22,28H,20-21H2,1-3H3. The SMILES string of the molecule is Cc1cc(=O)c(OCc2ccccc2)c2n1N(C(c1ccccc1)c1ccccc1)CN(C(C)C)C2=O. The van der Waals surface area contributed by atoms with E-state index in [0.29, 0.717) is 12.4 Å². The Kier molecular flexibility index (Phi) is 6.82. The van der Waals surface area contributed by atoms with E-state index in [2.05, 4.69) is 29.3 Å². The van der Waals surface area contributed by atoms with Crippen LogP contribution in [0.3, 0.4) is 0 Å².